The predicted octanol–water partition coefficient (Wildman–Crippen LogP) is 0.295. The van der Waals surface area contributed by atoms with Crippen LogP contribution in [0.3, 0.4) is 0 Å². The Bertz CT molecular complexity index is 461. The van der Waals surface area contributed by atoms with E-state index in [9.17, 15) is 9.59 Å². The minimum Gasteiger partial charge on any atom is -0.352 e. The summed E-state index contributed by atoms with van der Waals surface area (Å²) in [4.78, 5) is 25.0. The fraction of sp³-hybridized carbons (Fsp3) is 0.615. The summed E-state index contributed by atoms with van der Waals surface area (Å²) in [6.45, 7) is 3.45. The van der Waals surface area contributed by atoms with Crippen molar-refractivity contribution in [2.75, 3.05) is 13.1 Å². The zero-order chi connectivity index (χ0) is 13.8. The van der Waals surface area contributed by atoms with E-state index in [0.717, 1.165) is 18.4 Å². The first-order chi connectivity index (χ1) is 9.06. The number of likely N-dealkylation sites (tertiary alicyclic amines) is 1. The second-order valence-electron chi connectivity index (χ2n) is 5.02. The van der Waals surface area contributed by atoms with E-state index in [2.05, 4.69) is 10.4 Å². The van der Waals surface area contributed by atoms with Crippen LogP contribution in [0.1, 0.15) is 25.3 Å². The van der Waals surface area contributed by atoms with Crippen molar-refractivity contribution in [2.45, 2.75) is 26.3 Å². The first-order valence-corrected chi connectivity index (χ1v) is 6.57. The molecule has 0 aliphatic carbocycles. The average Bonchev–Trinajstić information content (AvgIpc) is 2.82. The first-order valence-electron chi connectivity index (χ1n) is 6.57. The smallest absolute Gasteiger partial charge is 0.223 e. The largest absolute Gasteiger partial charge is 0.352 e. The van der Waals surface area contributed by atoms with E-state index in [0.29, 0.717) is 19.6 Å². The van der Waals surface area contributed by atoms with E-state index in [1.165, 1.54) is 0 Å². The van der Waals surface area contributed by atoms with Crippen molar-refractivity contribution in [2.24, 2.45) is 13.0 Å². The number of aryl methyl sites for hydroxylation is 1. The van der Waals surface area contributed by atoms with Gasteiger partial charge >= 0.3 is 0 Å². The van der Waals surface area contributed by atoms with Crippen LogP contribution >= 0.6 is 0 Å². The number of carbonyl (C=O) groups is 2. The van der Waals surface area contributed by atoms with Gasteiger partial charge in [-0.2, -0.15) is 5.10 Å². The number of carbonyl (C=O) groups excluding carboxylic acids is 2. The van der Waals surface area contributed by atoms with E-state index >= 15 is 0 Å². The Morgan fingerprint density at radius 3 is 2.63 bits per heavy atom. The molecule has 1 aromatic rings. The van der Waals surface area contributed by atoms with Gasteiger partial charge in [0, 0.05) is 51.3 Å². The van der Waals surface area contributed by atoms with Gasteiger partial charge in [0.1, 0.15) is 0 Å². The third-order valence-electron chi connectivity index (χ3n) is 3.54. The van der Waals surface area contributed by atoms with Gasteiger partial charge < -0.3 is 10.2 Å². The molecule has 1 fully saturated rings. The Kier molecular flexibility index (Phi) is 4.19. The molecule has 6 nitrogen and oxygen atoms in total. The number of hydrogen-bond acceptors (Lipinski definition) is 3. The van der Waals surface area contributed by atoms with Crippen LogP contribution in [0.5, 0.6) is 0 Å². The Labute approximate surface area is 112 Å². The minimum atomic E-state index is 0.0206. The average molecular weight is 264 g/mol. The second kappa shape index (κ2) is 5.86. The van der Waals surface area contributed by atoms with Gasteiger partial charge in [0.15, 0.2) is 0 Å². The summed E-state index contributed by atoms with van der Waals surface area (Å²) >= 11 is 0. The Hall–Kier alpha value is -1.85. The molecule has 2 heterocycles. The molecule has 2 rings (SSSR count). The molecule has 104 valence electrons. The number of nitrogens with zero attached hydrogens (tertiary/aromatic N) is 3. The summed E-state index contributed by atoms with van der Waals surface area (Å²) in [6, 6.07) is 0. The molecular weight excluding hydrogens is 244 g/mol. The molecule has 1 aliphatic heterocycles. The molecule has 2 amide bonds. The summed E-state index contributed by atoms with van der Waals surface area (Å²) < 4.78 is 1.72. The Morgan fingerprint density at radius 2 is 2.11 bits per heavy atom. The van der Waals surface area contributed by atoms with Crippen LogP contribution in [0, 0.1) is 5.92 Å². The third kappa shape index (κ3) is 3.56. The molecule has 19 heavy (non-hydrogen) atoms. The van der Waals surface area contributed by atoms with E-state index in [1.54, 1.807) is 22.7 Å². The van der Waals surface area contributed by atoms with E-state index in [4.69, 9.17) is 0 Å². The fourth-order valence-electron chi connectivity index (χ4n) is 2.35. The molecule has 1 N–H and O–H groups in total. The maximum Gasteiger partial charge on any atom is 0.223 e. The Balaban J connectivity index is 1.77. The predicted molar refractivity (Wildman–Crippen MR) is 70.0 cm³/mol. The summed E-state index contributed by atoms with van der Waals surface area (Å²) in [6.07, 6.45) is 5.13. The quantitative estimate of drug-likeness (QED) is 0.853. The SMILES string of the molecule is CC(=O)N1CCC(C(=O)NCc2cnn(C)c2)CC1. The van der Waals surface area contributed by atoms with Crippen molar-refractivity contribution in [1.29, 1.82) is 0 Å². The molecule has 6 heteroatoms. The van der Waals surface area contributed by atoms with Crippen LogP contribution in [0.25, 0.3) is 0 Å². The van der Waals surface area contributed by atoms with Gasteiger partial charge in [-0.25, -0.2) is 0 Å². The van der Waals surface area contributed by atoms with Crippen molar-refractivity contribution in [3.63, 3.8) is 0 Å². The second-order valence-corrected chi connectivity index (χ2v) is 5.02. The van der Waals surface area contributed by atoms with E-state index < -0.39 is 0 Å². The fourth-order valence-corrected chi connectivity index (χ4v) is 2.35. The van der Waals surface area contributed by atoms with Crippen LogP contribution < -0.4 is 5.32 Å². The van der Waals surface area contributed by atoms with Crippen LogP contribution in [-0.2, 0) is 23.2 Å². The highest BCUT2D eigenvalue weighted by Gasteiger charge is 2.25. The summed E-state index contributed by atoms with van der Waals surface area (Å²) in [5.41, 5.74) is 0.997. The number of amides is 2. The van der Waals surface area contributed by atoms with Crippen molar-refractivity contribution in [3.8, 4) is 0 Å². The lowest BCUT2D eigenvalue weighted by Crippen LogP contribution is -2.42. The Morgan fingerprint density at radius 1 is 1.42 bits per heavy atom. The summed E-state index contributed by atoms with van der Waals surface area (Å²) in [5.74, 6) is 0.188. The van der Waals surface area contributed by atoms with Gasteiger partial charge in [-0.05, 0) is 12.8 Å². The highest BCUT2D eigenvalue weighted by molar-refractivity contribution is 5.79. The van der Waals surface area contributed by atoms with Gasteiger partial charge in [0.25, 0.3) is 0 Å². The molecule has 0 saturated carbocycles. The number of piperidine rings is 1. The van der Waals surface area contributed by atoms with Crippen molar-refractivity contribution < 1.29 is 9.59 Å². The van der Waals surface area contributed by atoms with Crippen LogP contribution in [0.15, 0.2) is 12.4 Å². The van der Waals surface area contributed by atoms with Gasteiger partial charge in [-0.3, -0.25) is 14.3 Å². The monoisotopic (exact) mass is 264 g/mol. The molecule has 0 unspecified atom stereocenters. The maximum absolute atomic E-state index is 12.0. The maximum atomic E-state index is 12.0. The van der Waals surface area contributed by atoms with Crippen LogP contribution in [0.2, 0.25) is 0 Å². The molecule has 0 aromatic carbocycles. The third-order valence-corrected chi connectivity index (χ3v) is 3.54. The lowest BCUT2D eigenvalue weighted by molar-refractivity contribution is -0.134. The molecule has 0 radical (unpaired) electrons. The zero-order valence-electron chi connectivity index (χ0n) is 11.4. The highest BCUT2D eigenvalue weighted by Crippen LogP contribution is 2.17. The molecule has 0 atom stereocenters. The highest BCUT2D eigenvalue weighted by atomic mass is 16.2. The molecule has 0 bridgehead atoms. The molecule has 0 spiro atoms. The topological polar surface area (TPSA) is 67.2 Å². The zero-order valence-corrected chi connectivity index (χ0v) is 11.4. The lowest BCUT2D eigenvalue weighted by atomic mass is 9.96. The van der Waals surface area contributed by atoms with Gasteiger partial charge in [-0.1, -0.05) is 0 Å². The minimum absolute atomic E-state index is 0.0206. The summed E-state index contributed by atoms with van der Waals surface area (Å²) in [7, 11) is 1.85. The summed E-state index contributed by atoms with van der Waals surface area (Å²) in [5, 5.41) is 6.99. The van der Waals surface area contributed by atoms with Crippen LogP contribution in [-0.4, -0.2) is 39.6 Å². The van der Waals surface area contributed by atoms with Gasteiger partial charge in [-0.15, -0.1) is 0 Å². The van der Waals surface area contributed by atoms with Crippen molar-refractivity contribution in [1.82, 2.24) is 20.0 Å². The molecular formula is C13H20N4O2. The molecule has 1 aromatic heterocycles. The number of aromatic nitrogens is 2. The standard InChI is InChI=1S/C13H20N4O2/c1-10(18)17-5-3-12(4-6-17)13(19)14-7-11-8-15-16(2)9-11/h8-9,12H,3-7H2,1-2H3,(H,14,19). The lowest BCUT2D eigenvalue weighted by Gasteiger charge is -2.30. The number of nitrogens with one attached hydrogen (secondary N) is 1. The van der Waals surface area contributed by atoms with E-state index in [1.807, 2.05) is 13.2 Å². The van der Waals surface area contributed by atoms with E-state index in [-0.39, 0.29) is 17.7 Å². The number of rotatable bonds is 3. The molecule has 1 saturated heterocycles. The van der Waals surface area contributed by atoms with Crippen molar-refractivity contribution in [3.05, 3.63) is 18.0 Å². The number of hydrogen-bond donors (Lipinski definition) is 1. The normalized spacial score (nSPS) is 16.4. The van der Waals surface area contributed by atoms with Crippen molar-refractivity contribution >= 4 is 11.8 Å². The van der Waals surface area contributed by atoms with Gasteiger partial charge in [0.2, 0.25) is 11.8 Å². The van der Waals surface area contributed by atoms with Gasteiger partial charge in [0.05, 0.1) is 6.20 Å². The van der Waals surface area contributed by atoms with Crippen LogP contribution in [0.4, 0.5) is 0 Å². The first kappa shape index (κ1) is 13.6. The molecule has 1 aliphatic rings.